The van der Waals surface area contributed by atoms with Crippen LogP contribution in [0.3, 0.4) is 0 Å². The lowest BCUT2D eigenvalue weighted by molar-refractivity contribution is 0.0767. The third-order valence-corrected chi connectivity index (χ3v) is 3.99. The van der Waals surface area contributed by atoms with E-state index in [0.717, 1.165) is 17.7 Å². The fourth-order valence-corrected chi connectivity index (χ4v) is 2.58. The van der Waals surface area contributed by atoms with Gasteiger partial charge in [-0.2, -0.15) is 0 Å². The molecule has 3 rings (SSSR count). The van der Waals surface area contributed by atoms with E-state index >= 15 is 0 Å². The van der Waals surface area contributed by atoms with Crippen molar-refractivity contribution in [3.8, 4) is 5.75 Å². The summed E-state index contributed by atoms with van der Waals surface area (Å²) >= 11 is 0. The normalized spacial score (nSPS) is 30.0. The van der Waals surface area contributed by atoms with E-state index in [1.807, 2.05) is 25.1 Å². The Hall–Kier alpha value is -1.39. The predicted octanol–water partition coefficient (Wildman–Crippen LogP) is 1.17. The standard InChI is InChI=1S/C14H17NO3/c1-14(8-17-7-12(14)15)13(16)10-2-3-11-9(6-10)4-5-18-11/h2-3,6,12H,4-5,7-8,15H2,1H3. The lowest BCUT2D eigenvalue weighted by Gasteiger charge is -2.25. The molecular formula is C14H17NO3. The van der Waals surface area contributed by atoms with Crippen molar-refractivity contribution in [1.29, 1.82) is 0 Å². The second kappa shape index (κ2) is 4.07. The summed E-state index contributed by atoms with van der Waals surface area (Å²) in [5, 5.41) is 0. The Bertz CT molecular complexity index is 500. The van der Waals surface area contributed by atoms with Gasteiger partial charge in [0, 0.05) is 18.0 Å². The van der Waals surface area contributed by atoms with Gasteiger partial charge < -0.3 is 15.2 Å². The summed E-state index contributed by atoms with van der Waals surface area (Å²) in [6.45, 7) is 3.44. The van der Waals surface area contributed by atoms with Crippen LogP contribution in [0.1, 0.15) is 22.8 Å². The van der Waals surface area contributed by atoms with Gasteiger partial charge in [0.25, 0.3) is 0 Å². The molecule has 1 fully saturated rings. The zero-order chi connectivity index (χ0) is 12.8. The van der Waals surface area contributed by atoms with E-state index in [9.17, 15) is 4.79 Å². The maximum atomic E-state index is 12.6. The van der Waals surface area contributed by atoms with Crippen LogP contribution in [-0.4, -0.2) is 31.6 Å². The second-order valence-corrected chi connectivity index (χ2v) is 5.29. The average Bonchev–Trinajstić information content (AvgIpc) is 2.96. The van der Waals surface area contributed by atoms with Gasteiger partial charge in [-0.1, -0.05) is 0 Å². The van der Waals surface area contributed by atoms with Crippen LogP contribution in [0.5, 0.6) is 5.75 Å². The Labute approximate surface area is 106 Å². The molecule has 1 saturated heterocycles. The van der Waals surface area contributed by atoms with Crippen molar-refractivity contribution in [1.82, 2.24) is 0 Å². The molecule has 4 nitrogen and oxygen atoms in total. The summed E-state index contributed by atoms with van der Waals surface area (Å²) in [5.74, 6) is 0.964. The highest BCUT2D eigenvalue weighted by Gasteiger charge is 2.44. The van der Waals surface area contributed by atoms with Crippen LogP contribution >= 0.6 is 0 Å². The Morgan fingerprint density at radius 2 is 2.33 bits per heavy atom. The maximum Gasteiger partial charge on any atom is 0.172 e. The maximum absolute atomic E-state index is 12.6. The van der Waals surface area contributed by atoms with Crippen molar-refractivity contribution in [2.45, 2.75) is 19.4 Å². The molecule has 0 bridgehead atoms. The van der Waals surface area contributed by atoms with E-state index in [1.165, 1.54) is 0 Å². The number of fused-ring (bicyclic) bond motifs is 1. The predicted molar refractivity (Wildman–Crippen MR) is 66.9 cm³/mol. The topological polar surface area (TPSA) is 61.5 Å². The molecule has 2 aliphatic heterocycles. The highest BCUT2D eigenvalue weighted by Crippen LogP contribution is 2.33. The smallest absolute Gasteiger partial charge is 0.172 e. The minimum Gasteiger partial charge on any atom is -0.493 e. The minimum atomic E-state index is -0.603. The van der Waals surface area contributed by atoms with Gasteiger partial charge in [0.1, 0.15) is 5.75 Å². The monoisotopic (exact) mass is 247 g/mol. The first kappa shape index (κ1) is 11.7. The zero-order valence-electron chi connectivity index (χ0n) is 10.4. The first-order valence-electron chi connectivity index (χ1n) is 6.25. The fraction of sp³-hybridized carbons (Fsp3) is 0.500. The van der Waals surface area contributed by atoms with E-state index in [1.54, 1.807) is 0 Å². The van der Waals surface area contributed by atoms with Gasteiger partial charge >= 0.3 is 0 Å². The van der Waals surface area contributed by atoms with E-state index in [4.69, 9.17) is 15.2 Å². The van der Waals surface area contributed by atoms with Crippen molar-refractivity contribution in [3.63, 3.8) is 0 Å². The summed E-state index contributed by atoms with van der Waals surface area (Å²) in [4.78, 5) is 12.6. The number of ether oxygens (including phenoxy) is 2. The van der Waals surface area contributed by atoms with Crippen molar-refractivity contribution in [3.05, 3.63) is 29.3 Å². The molecule has 0 radical (unpaired) electrons. The van der Waals surface area contributed by atoms with Gasteiger partial charge in [0.15, 0.2) is 5.78 Å². The van der Waals surface area contributed by atoms with Crippen LogP contribution in [0, 0.1) is 5.41 Å². The molecule has 0 aliphatic carbocycles. The van der Waals surface area contributed by atoms with Gasteiger partial charge in [-0.05, 0) is 30.7 Å². The number of ketones is 1. The number of rotatable bonds is 2. The first-order valence-corrected chi connectivity index (χ1v) is 6.25. The zero-order valence-corrected chi connectivity index (χ0v) is 10.4. The van der Waals surface area contributed by atoms with Crippen molar-refractivity contribution in [2.75, 3.05) is 19.8 Å². The number of benzene rings is 1. The number of carbonyl (C=O) groups is 1. The fourth-order valence-electron chi connectivity index (χ4n) is 2.58. The quantitative estimate of drug-likeness (QED) is 0.797. The van der Waals surface area contributed by atoms with Crippen molar-refractivity contribution < 1.29 is 14.3 Å². The molecule has 2 atom stereocenters. The van der Waals surface area contributed by atoms with Gasteiger partial charge in [0.2, 0.25) is 0 Å². The van der Waals surface area contributed by atoms with Crippen molar-refractivity contribution in [2.24, 2.45) is 11.1 Å². The molecule has 18 heavy (non-hydrogen) atoms. The largest absolute Gasteiger partial charge is 0.493 e. The SMILES string of the molecule is CC1(C(=O)c2ccc3c(c2)CCO3)COCC1N. The summed E-state index contributed by atoms with van der Waals surface area (Å²) < 4.78 is 10.8. The molecule has 2 aliphatic rings. The molecular weight excluding hydrogens is 230 g/mol. The summed E-state index contributed by atoms with van der Waals surface area (Å²) in [5.41, 5.74) is 7.21. The molecule has 2 unspecified atom stereocenters. The third kappa shape index (κ3) is 1.64. The van der Waals surface area contributed by atoms with Crippen molar-refractivity contribution >= 4 is 5.78 Å². The first-order chi connectivity index (χ1) is 8.61. The lowest BCUT2D eigenvalue weighted by atomic mass is 9.78. The molecule has 1 aromatic carbocycles. The van der Waals surface area contributed by atoms with E-state index in [2.05, 4.69) is 0 Å². The van der Waals surface area contributed by atoms with Crippen LogP contribution in [-0.2, 0) is 11.2 Å². The van der Waals surface area contributed by atoms with Crippen LogP contribution in [0.2, 0.25) is 0 Å². The van der Waals surface area contributed by atoms with Gasteiger partial charge in [-0.25, -0.2) is 0 Å². The highest BCUT2D eigenvalue weighted by molar-refractivity contribution is 6.01. The molecule has 2 N–H and O–H groups in total. The van der Waals surface area contributed by atoms with E-state index in [0.29, 0.717) is 25.4 Å². The van der Waals surface area contributed by atoms with Crippen LogP contribution in [0.25, 0.3) is 0 Å². The molecule has 96 valence electrons. The Balaban J connectivity index is 1.93. The second-order valence-electron chi connectivity index (χ2n) is 5.29. The number of hydrogen-bond acceptors (Lipinski definition) is 4. The van der Waals surface area contributed by atoms with Gasteiger partial charge in [0.05, 0.1) is 25.2 Å². The van der Waals surface area contributed by atoms with Crippen LogP contribution in [0.15, 0.2) is 18.2 Å². The molecule has 2 heterocycles. The third-order valence-electron chi connectivity index (χ3n) is 3.99. The van der Waals surface area contributed by atoms with E-state index in [-0.39, 0.29) is 11.8 Å². The number of nitrogens with two attached hydrogens (primary N) is 1. The summed E-state index contributed by atoms with van der Waals surface area (Å²) in [6.07, 6.45) is 0.871. The molecule has 0 saturated carbocycles. The average molecular weight is 247 g/mol. The summed E-state index contributed by atoms with van der Waals surface area (Å²) in [7, 11) is 0. The summed E-state index contributed by atoms with van der Waals surface area (Å²) in [6, 6.07) is 5.40. The molecule has 0 spiro atoms. The number of Topliss-reactive ketones (excluding diaryl/α,β-unsaturated/α-hetero) is 1. The molecule has 1 aromatic rings. The molecule has 0 amide bonds. The molecule has 4 heteroatoms. The minimum absolute atomic E-state index is 0.0715. The number of carbonyl (C=O) groups excluding carboxylic acids is 1. The van der Waals surface area contributed by atoms with Gasteiger partial charge in [-0.3, -0.25) is 4.79 Å². The Kier molecular flexibility index (Phi) is 2.64. The van der Waals surface area contributed by atoms with Crippen LogP contribution in [0.4, 0.5) is 0 Å². The molecule has 0 aromatic heterocycles. The Morgan fingerprint density at radius 3 is 3.06 bits per heavy atom. The van der Waals surface area contributed by atoms with E-state index < -0.39 is 5.41 Å². The van der Waals surface area contributed by atoms with Gasteiger partial charge in [-0.15, -0.1) is 0 Å². The highest BCUT2D eigenvalue weighted by atomic mass is 16.5. The number of hydrogen-bond donors (Lipinski definition) is 1. The van der Waals surface area contributed by atoms with Crippen LogP contribution < -0.4 is 10.5 Å². The lowest BCUT2D eigenvalue weighted by Crippen LogP contribution is -2.44. The Morgan fingerprint density at radius 1 is 1.50 bits per heavy atom.